The van der Waals surface area contributed by atoms with Crippen LogP contribution in [0.4, 0.5) is 15.8 Å². The predicted octanol–water partition coefficient (Wildman–Crippen LogP) is 5.98. The van der Waals surface area contributed by atoms with Crippen molar-refractivity contribution in [2.24, 2.45) is 0 Å². The van der Waals surface area contributed by atoms with E-state index in [2.05, 4.69) is 27.3 Å². The molecule has 0 fully saturated rings. The Balaban J connectivity index is 1.83. The molecule has 0 saturated carbocycles. The van der Waals surface area contributed by atoms with Gasteiger partial charge in [0.1, 0.15) is 5.82 Å². The number of ether oxygens (including phenoxy) is 2. The van der Waals surface area contributed by atoms with Gasteiger partial charge in [0, 0.05) is 17.8 Å². The lowest BCUT2D eigenvalue weighted by atomic mass is 10.0. The van der Waals surface area contributed by atoms with Crippen molar-refractivity contribution < 1.29 is 23.6 Å². The Morgan fingerprint density at radius 2 is 1.94 bits per heavy atom. The Labute approximate surface area is 208 Å². The number of halogens is 2. The molecular formula is C25H19BrFN3O5. The number of rotatable bonds is 9. The average molecular weight is 540 g/mol. The van der Waals surface area contributed by atoms with Crippen molar-refractivity contribution in [3.8, 4) is 17.6 Å². The van der Waals surface area contributed by atoms with Crippen LogP contribution in [0.5, 0.6) is 11.5 Å². The summed E-state index contributed by atoms with van der Waals surface area (Å²) in [6.45, 7) is 1.77. The molecule has 0 atom stereocenters. The molecule has 0 aliphatic heterocycles. The summed E-state index contributed by atoms with van der Waals surface area (Å²) in [6.07, 6.45) is 1.57. The molecule has 1 N–H and O–H groups in total. The van der Waals surface area contributed by atoms with Crippen molar-refractivity contribution in [1.82, 2.24) is 0 Å². The highest BCUT2D eigenvalue weighted by Crippen LogP contribution is 2.38. The molecular weight excluding hydrogens is 521 g/mol. The lowest BCUT2D eigenvalue weighted by Crippen LogP contribution is -2.20. The quantitative estimate of drug-likeness (QED) is 0.155. The SMILES string of the molecule is CCOc1cc(/C=C(/C#N)c2cccc([N+](=O)[O-])c2)cc(Br)c1OCC(=O)Nc1ccc(F)cc1. The minimum Gasteiger partial charge on any atom is -0.490 e. The van der Waals surface area contributed by atoms with Gasteiger partial charge in [0.25, 0.3) is 11.6 Å². The van der Waals surface area contributed by atoms with Crippen LogP contribution < -0.4 is 14.8 Å². The van der Waals surface area contributed by atoms with Gasteiger partial charge in [0.2, 0.25) is 0 Å². The molecule has 3 aromatic rings. The van der Waals surface area contributed by atoms with Gasteiger partial charge in [-0.15, -0.1) is 0 Å². The Kier molecular flexibility index (Phi) is 8.53. The van der Waals surface area contributed by atoms with Gasteiger partial charge in [-0.2, -0.15) is 5.26 Å². The highest BCUT2D eigenvalue weighted by molar-refractivity contribution is 9.10. The Hall–Kier alpha value is -4.23. The molecule has 0 radical (unpaired) electrons. The van der Waals surface area contributed by atoms with Crippen LogP contribution in [0.1, 0.15) is 18.1 Å². The minimum atomic E-state index is -0.527. The van der Waals surface area contributed by atoms with Crippen LogP contribution in [0.3, 0.4) is 0 Å². The molecule has 0 saturated heterocycles. The molecule has 0 spiro atoms. The van der Waals surface area contributed by atoms with Gasteiger partial charge >= 0.3 is 0 Å². The number of nitriles is 1. The van der Waals surface area contributed by atoms with E-state index in [9.17, 15) is 24.6 Å². The molecule has 0 heterocycles. The molecule has 8 nitrogen and oxygen atoms in total. The molecule has 0 aliphatic rings. The molecule has 3 rings (SSSR count). The molecule has 0 unspecified atom stereocenters. The highest BCUT2D eigenvalue weighted by Gasteiger charge is 2.15. The molecule has 10 heteroatoms. The fourth-order valence-electron chi connectivity index (χ4n) is 3.08. The average Bonchev–Trinajstić information content (AvgIpc) is 2.83. The van der Waals surface area contributed by atoms with Crippen LogP contribution in [0.2, 0.25) is 0 Å². The number of non-ortho nitro benzene ring substituents is 1. The first kappa shape index (κ1) is 25.4. The van der Waals surface area contributed by atoms with Gasteiger partial charge in [-0.1, -0.05) is 12.1 Å². The lowest BCUT2D eigenvalue weighted by molar-refractivity contribution is -0.384. The van der Waals surface area contributed by atoms with Crippen molar-refractivity contribution in [1.29, 1.82) is 5.26 Å². The van der Waals surface area contributed by atoms with Crippen molar-refractivity contribution in [3.05, 3.63) is 92.2 Å². The number of hydrogen-bond acceptors (Lipinski definition) is 6. The number of amides is 1. The third-order valence-electron chi connectivity index (χ3n) is 4.61. The van der Waals surface area contributed by atoms with Crippen molar-refractivity contribution in [2.75, 3.05) is 18.5 Å². The van der Waals surface area contributed by atoms with E-state index in [4.69, 9.17) is 9.47 Å². The van der Waals surface area contributed by atoms with Crippen LogP contribution in [-0.2, 0) is 4.79 Å². The molecule has 0 aliphatic carbocycles. The number of anilines is 1. The summed E-state index contributed by atoms with van der Waals surface area (Å²) in [4.78, 5) is 22.8. The number of nitrogens with zero attached hydrogens (tertiary/aromatic N) is 2. The number of carbonyl (C=O) groups is 1. The zero-order chi connectivity index (χ0) is 25.4. The second-order valence-corrected chi connectivity index (χ2v) is 7.94. The number of nitrogens with one attached hydrogen (secondary N) is 1. The van der Waals surface area contributed by atoms with Crippen LogP contribution in [0, 0.1) is 27.3 Å². The van der Waals surface area contributed by atoms with E-state index in [1.165, 1.54) is 42.5 Å². The number of carbonyl (C=O) groups excluding carboxylic acids is 1. The number of benzene rings is 3. The largest absolute Gasteiger partial charge is 0.490 e. The van der Waals surface area contributed by atoms with Gasteiger partial charge < -0.3 is 14.8 Å². The number of nitro groups is 1. The standard InChI is InChI=1S/C25H19BrFN3O5/c1-2-34-23-12-16(10-18(14-28)17-4-3-5-21(13-17)30(32)33)11-22(26)25(23)35-15-24(31)29-20-8-6-19(27)7-9-20/h3-13H,2,15H2,1H3,(H,29,31)/b18-10-. The lowest BCUT2D eigenvalue weighted by Gasteiger charge is -2.15. The molecule has 0 aromatic heterocycles. The van der Waals surface area contributed by atoms with Gasteiger partial charge in [0.05, 0.1) is 27.6 Å². The first-order valence-electron chi connectivity index (χ1n) is 10.3. The number of hydrogen-bond donors (Lipinski definition) is 1. The van der Waals surface area contributed by atoms with Crippen LogP contribution in [-0.4, -0.2) is 24.0 Å². The Morgan fingerprint density at radius 3 is 2.60 bits per heavy atom. The van der Waals surface area contributed by atoms with E-state index in [0.717, 1.165) is 0 Å². The first-order chi connectivity index (χ1) is 16.8. The maximum atomic E-state index is 13.0. The zero-order valence-electron chi connectivity index (χ0n) is 18.5. The number of allylic oxidation sites excluding steroid dienone is 1. The van der Waals surface area contributed by atoms with E-state index in [1.807, 2.05) is 0 Å². The molecule has 3 aromatic carbocycles. The van der Waals surface area contributed by atoms with Gasteiger partial charge in [0.15, 0.2) is 18.1 Å². The third-order valence-corrected chi connectivity index (χ3v) is 5.20. The number of nitro benzene ring substituents is 1. The first-order valence-corrected chi connectivity index (χ1v) is 11.1. The summed E-state index contributed by atoms with van der Waals surface area (Å²) < 4.78 is 24.8. The summed E-state index contributed by atoms with van der Waals surface area (Å²) in [7, 11) is 0. The maximum absolute atomic E-state index is 13.0. The van der Waals surface area contributed by atoms with Gasteiger partial charge in [-0.05, 0) is 76.5 Å². The zero-order valence-corrected chi connectivity index (χ0v) is 20.0. The van der Waals surface area contributed by atoms with Crippen molar-refractivity contribution >= 4 is 44.9 Å². The normalized spacial score (nSPS) is 10.9. The summed E-state index contributed by atoms with van der Waals surface area (Å²) >= 11 is 3.41. The molecule has 1 amide bonds. The van der Waals surface area contributed by atoms with Crippen molar-refractivity contribution in [2.45, 2.75) is 6.92 Å². The van der Waals surface area contributed by atoms with Gasteiger partial charge in [-0.3, -0.25) is 14.9 Å². The fourth-order valence-corrected chi connectivity index (χ4v) is 3.65. The second-order valence-electron chi connectivity index (χ2n) is 7.08. The summed E-state index contributed by atoms with van der Waals surface area (Å²) in [5.41, 5.74) is 1.49. The summed E-state index contributed by atoms with van der Waals surface area (Å²) in [5, 5.41) is 23.3. The smallest absolute Gasteiger partial charge is 0.270 e. The predicted molar refractivity (Wildman–Crippen MR) is 132 cm³/mol. The van der Waals surface area contributed by atoms with E-state index in [-0.39, 0.29) is 23.6 Å². The monoisotopic (exact) mass is 539 g/mol. The van der Waals surface area contributed by atoms with Crippen LogP contribution >= 0.6 is 15.9 Å². The highest BCUT2D eigenvalue weighted by atomic mass is 79.9. The minimum absolute atomic E-state index is 0.123. The van der Waals surface area contributed by atoms with Gasteiger partial charge in [-0.25, -0.2) is 4.39 Å². The van der Waals surface area contributed by atoms with E-state index in [0.29, 0.717) is 33.6 Å². The maximum Gasteiger partial charge on any atom is 0.270 e. The van der Waals surface area contributed by atoms with E-state index < -0.39 is 16.6 Å². The van der Waals surface area contributed by atoms with Crippen LogP contribution in [0.15, 0.2) is 65.1 Å². The van der Waals surface area contributed by atoms with E-state index in [1.54, 1.807) is 31.2 Å². The summed E-state index contributed by atoms with van der Waals surface area (Å²) in [5.74, 6) is -0.248. The molecule has 35 heavy (non-hydrogen) atoms. The van der Waals surface area contributed by atoms with E-state index >= 15 is 0 Å². The Bertz CT molecular complexity index is 1320. The fraction of sp³-hybridized carbons (Fsp3) is 0.120. The third kappa shape index (κ3) is 6.88. The molecule has 178 valence electrons. The topological polar surface area (TPSA) is 114 Å². The second kappa shape index (κ2) is 11.8. The van der Waals surface area contributed by atoms with Crippen LogP contribution in [0.25, 0.3) is 11.6 Å². The summed E-state index contributed by atoms with van der Waals surface area (Å²) in [6, 6.07) is 16.5. The van der Waals surface area contributed by atoms with Crippen molar-refractivity contribution in [3.63, 3.8) is 0 Å². The molecule has 0 bridgehead atoms. The Morgan fingerprint density at radius 1 is 1.20 bits per heavy atom.